The number of pyridine rings is 1. The van der Waals surface area contributed by atoms with Crippen LogP contribution >= 0.6 is 0 Å². The van der Waals surface area contributed by atoms with E-state index in [-0.39, 0.29) is 11.5 Å². The lowest BCUT2D eigenvalue weighted by atomic mass is 9.99. The first-order chi connectivity index (χ1) is 10.5. The highest BCUT2D eigenvalue weighted by Gasteiger charge is 2.33. The minimum Gasteiger partial charge on any atom is -0.355 e. The second kappa shape index (κ2) is 5.70. The van der Waals surface area contributed by atoms with E-state index in [0.29, 0.717) is 24.6 Å². The zero-order valence-electron chi connectivity index (χ0n) is 11.6. The number of rotatable bonds is 4. The number of halogens is 2. The number of hydrogen-bond acceptors (Lipinski definition) is 4. The fourth-order valence-electron chi connectivity index (χ4n) is 2.36. The van der Waals surface area contributed by atoms with Gasteiger partial charge >= 0.3 is 0 Å². The molecule has 0 bridgehead atoms. The molecular formula is C14H14F2N4O2. The van der Waals surface area contributed by atoms with Gasteiger partial charge in [0.15, 0.2) is 0 Å². The van der Waals surface area contributed by atoms with E-state index in [9.17, 15) is 18.4 Å². The highest BCUT2D eigenvalue weighted by Crippen LogP contribution is 2.22. The van der Waals surface area contributed by atoms with Crippen LogP contribution in [0.1, 0.15) is 0 Å². The van der Waals surface area contributed by atoms with Crippen molar-refractivity contribution >= 4 is 17.4 Å². The van der Waals surface area contributed by atoms with Gasteiger partial charge in [-0.15, -0.1) is 0 Å². The zero-order valence-corrected chi connectivity index (χ0v) is 11.6. The Kier molecular flexibility index (Phi) is 3.74. The normalized spacial score (nSPS) is 15.1. The van der Waals surface area contributed by atoms with Crippen LogP contribution in [-0.4, -0.2) is 41.4 Å². The molecule has 1 saturated heterocycles. The number of alkyl halides is 2. The third-order valence-electron chi connectivity index (χ3n) is 3.56. The minimum atomic E-state index is -2.55. The maximum atomic E-state index is 12.0. The van der Waals surface area contributed by atoms with Gasteiger partial charge in [-0.1, -0.05) is 6.07 Å². The number of hydrogen-bond donors (Lipinski definition) is 1. The van der Waals surface area contributed by atoms with Crippen LogP contribution in [0.15, 0.2) is 35.3 Å². The van der Waals surface area contributed by atoms with Crippen molar-refractivity contribution in [2.75, 3.05) is 24.5 Å². The van der Waals surface area contributed by atoms with Crippen molar-refractivity contribution in [2.45, 2.75) is 6.43 Å². The molecule has 1 aliphatic rings. The molecule has 1 N–H and O–H groups in total. The third kappa shape index (κ3) is 2.76. The van der Waals surface area contributed by atoms with Crippen LogP contribution in [0.4, 0.5) is 14.6 Å². The lowest BCUT2D eigenvalue weighted by Crippen LogP contribution is -2.54. The Hall–Kier alpha value is -2.51. The number of fused-ring (bicyclic) bond motifs is 1. The second-order valence-electron chi connectivity index (χ2n) is 5.12. The summed E-state index contributed by atoms with van der Waals surface area (Å²) in [6, 6.07) is 6.64. The van der Waals surface area contributed by atoms with Crippen molar-refractivity contribution in [3.63, 3.8) is 0 Å². The number of carbonyl (C=O) groups excluding carboxylic acids is 1. The first-order valence-corrected chi connectivity index (χ1v) is 6.84. The summed E-state index contributed by atoms with van der Waals surface area (Å²) in [7, 11) is 0. The standard InChI is InChI=1S/C14H14F2N4O2/c15-10(16)6-17-14(22)9-7-19(8-9)12-5-13(21)20-4-2-1-3-11(20)18-12/h1-5,9-10H,6-8H2,(H,17,22). The smallest absolute Gasteiger partial charge is 0.259 e. The molecule has 1 amide bonds. The Bertz CT molecular complexity index is 756. The van der Waals surface area contributed by atoms with E-state index in [2.05, 4.69) is 10.3 Å². The van der Waals surface area contributed by atoms with Gasteiger partial charge in [0.2, 0.25) is 5.91 Å². The lowest BCUT2D eigenvalue weighted by Gasteiger charge is -2.39. The first-order valence-electron chi connectivity index (χ1n) is 6.84. The van der Waals surface area contributed by atoms with Crippen molar-refractivity contribution in [2.24, 2.45) is 5.92 Å². The number of anilines is 1. The summed E-state index contributed by atoms with van der Waals surface area (Å²) in [5.41, 5.74) is 0.321. The predicted octanol–water partition coefficient (Wildman–Crippen LogP) is 0.512. The Balaban J connectivity index is 1.68. The van der Waals surface area contributed by atoms with Gasteiger partial charge in [0.1, 0.15) is 11.5 Å². The Morgan fingerprint density at radius 3 is 2.91 bits per heavy atom. The number of nitrogens with zero attached hydrogens (tertiary/aromatic N) is 3. The van der Waals surface area contributed by atoms with Crippen LogP contribution in [0.5, 0.6) is 0 Å². The topological polar surface area (TPSA) is 66.7 Å². The van der Waals surface area contributed by atoms with Crippen LogP contribution in [0, 0.1) is 5.92 Å². The molecular weight excluding hydrogens is 294 g/mol. The SMILES string of the molecule is O=C(NCC(F)F)C1CN(c2cc(=O)n3ccccc3n2)C1. The van der Waals surface area contributed by atoms with Crippen LogP contribution < -0.4 is 15.8 Å². The predicted molar refractivity (Wildman–Crippen MR) is 76.2 cm³/mol. The molecule has 0 atom stereocenters. The number of aromatic nitrogens is 2. The molecule has 0 aromatic carbocycles. The molecule has 1 aliphatic heterocycles. The van der Waals surface area contributed by atoms with Crippen molar-refractivity contribution in [1.29, 1.82) is 0 Å². The molecule has 0 radical (unpaired) electrons. The maximum Gasteiger partial charge on any atom is 0.259 e. The fourth-order valence-corrected chi connectivity index (χ4v) is 2.36. The Labute approximate surface area is 124 Å². The summed E-state index contributed by atoms with van der Waals surface area (Å²) in [5.74, 6) is -0.252. The summed E-state index contributed by atoms with van der Waals surface area (Å²) in [6.45, 7) is 0.0972. The monoisotopic (exact) mass is 308 g/mol. The molecule has 2 aromatic heterocycles. The number of amides is 1. The molecule has 22 heavy (non-hydrogen) atoms. The van der Waals surface area contributed by atoms with E-state index in [1.807, 2.05) is 0 Å². The van der Waals surface area contributed by atoms with Gasteiger partial charge in [0.25, 0.3) is 12.0 Å². The molecule has 2 aromatic rings. The molecule has 116 valence electrons. The van der Waals surface area contributed by atoms with Crippen LogP contribution in [0.2, 0.25) is 0 Å². The summed E-state index contributed by atoms with van der Waals surface area (Å²) in [4.78, 5) is 29.7. The average Bonchev–Trinajstić information content (AvgIpc) is 2.43. The van der Waals surface area contributed by atoms with E-state index in [1.54, 1.807) is 29.3 Å². The highest BCUT2D eigenvalue weighted by molar-refractivity contribution is 5.81. The largest absolute Gasteiger partial charge is 0.355 e. The molecule has 0 aliphatic carbocycles. The van der Waals surface area contributed by atoms with E-state index in [0.717, 1.165) is 0 Å². The number of carbonyl (C=O) groups is 1. The minimum absolute atomic E-state index is 0.203. The van der Waals surface area contributed by atoms with Crippen molar-refractivity contribution in [1.82, 2.24) is 14.7 Å². The Morgan fingerprint density at radius 1 is 1.41 bits per heavy atom. The van der Waals surface area contributed by atoms with Crippen molar-refractivity contribution < 1.29 is 13.6 Å². The molecule has 6 nitrogen and oxygen atoms in total. The quantitative estimate of drug-likeness (QED) is 0.894. The highest BCUT2D eigenvalue weighted by atomic mass is 19.3. The van der Waals surface area contributed by atoms with E-state index in [4.69, 9.17) is 0 Å². The summed E-state index contributed by atoms with van der Waals surface area (Å²) in [6.07, 6.45) is -0.923. The van der Waals surface area contributed by atoms with Gasteiger partial charge in [-0.3, -0.25) is 14.0 Å². The molecule has 0 spiro atoms. The zero-order chi connectivity index (χ0) is 15.7. The van der Waals surface area contributed by atoms with Crippen LogP contribution in [0.25, 0.3) is 5.65 Å². The van der Waals surface area contributed by atoms with Crippen LogP contribution in [-0.2, 0) is 4.79 Å². The molecule has 3 rings (SSSR count). The second-order valence-corrected chi connectivity index (χ2v) is 5.12. The Morgan fingerprint density at radius 2 is 2.18 bits per heavy atom. The fraction of sp³-hybridized carbons (Fsp3) is 0.357. The molecule has 0 unspecified atom stereocenters. The van der Waals surface area contributed by atoms with E-state index in [1.165, 1.54) is 10.5 Å². The molecule has 0 saturated carbocycles. The average molecular weight is 308 g/mol. The maximum absolute atomic E-state index is 12.0. The molecule has 1 fully saturated rings. The van der Waals surface area contributed by atoms with Crippen molar-refractivity contribution in [3.8, 4) is 0 Å². The van der Waals surface area contributed by atoms with Gasteiger partial charge in [0.05, 0.1) is 12.5 Å². The number of nitrogens with one attached hydrogen (secondary N) is 1. The van der Waals surface area contributed by atoms with Gasteiger partial charge in [0, 0.05) is 25.4 Å². The first kappa shape index (κ1) is 14.4. The van der Waals surface area contributed by atoms with E-state index < -0.39 is 18.9 Å². The van der Waals surface area contributed by atoms with Gasteiger partial charge < -0.3 is 10.2 Å². The summed E-state index contributed by atoms with van der Waals surface area (Å²) < 4.78 is 25.5. The van der Waals surface area contributed by atoms with Crippen molar-refractivity contribution in [3.05, 3.63) is 40.8 Å². The summed E-state index contributed by atoms with van der Waals surface area (Å²) >= 11 is 0. The van der Waals surface area contributed by atoms with Gasteiger partial charge in [-0.2, -0.15) is 0 Å². The molecule has 8 heteroatoms. The third-order valence-corrected chi connectivity index (χ3v) is 3.56. The van der Waals surface area contributed by atoms with Gasteiger partial charge in [-0.25, -0.2) is 13.8 Å². The van der Waals surface area contributed by atoms with E-state index >= 15 is 0 Å². The lowest BCUT2D eigenvalue weighted by molar-refractivity contribution is -0.126. The summed E-state index contributed by atoms with van der Waals surface area (Å²) in [5, 5.41) is 2.20. The van der Waals surface area contributed by atoms with Gasteiger partial charge in [-0.05, 0) is 12.1 Å². The van der Waals surface area contributed by atoms with Crippen LogP contribution in [0.3, 0.4) is 0 Å². The molecule has 3 heterocycles.